The Morgan fingerprint density at radius 2 is 1.98 bits per heavy atom. The van der Waals surface area contributed by atoms with Crippen LogP contribution >= 0.6 is 0 Å². The van der Waals surface area contributed by atoms with Crippen molar-refractivity contribution in [3.8, 4) is 5.75 Å². The number of ether oxygens (including phenoxy) is 1. The number of rotatable bonds is 11. The number of β-amino-alcohol motifs (C(OH)–C–C–N with tert-alkyl or cyclic N) is 1. The molecule has 2 fully saturated rings. The van der Waals surface area contributed by atoms with E-state index in [9.17, 15) is 9.90 Å². The quantitative estimate of drug-likeness (QED) is 0.300. The van der Waals surface area contributed by atoms with Crippen molar-refractivity contribution in [1.29, 1.82) is 0 Å². The predicted molar refractivity (Wildman–Crippen MR) is 166 cm³/mol. The number of amides is 1. The maximum absolute atomic E-state index is 13.2. The zero-order valence-corrected chi connectivity index (χ0v) is 25.4. The van der Waals surface area contributed by atoms with Crippen LogP contribution in [-0.2, 0) is 19.6 Å². The molecule has 3 aromatic rings. The van der Waals surface area contributed by atoms with Crippen LogP contribution in [0.1, 0.15) is 77.0 Å². The average molecular weight is 589 g/mol. The number of carbonyl (C=O) groups is 1. The van der Waals surface area contributed by atoms with Gasteiger partial charge in [-0.05, 0) is 93.7 Å². The number of benzene rings is 1. The number of nitrogens with zero attached hydrogens (tertiary/aromatic N) is 4. The Balaban J connectivity index is 1.03. The first-order chi connectivity index (χ1) is 20.9. The van der Waals surface area contributed by atoms with Crippen LogP contribution in [-0.4, -0.2) is 70.8 Å². The summed E-state index contributed by atoms with van der Waals surface area (Å²) in [5, 5.41) is 17.4. The van der Waals surface area contributed by atoms with Crippen LogP contribution in [0.4, 0.5) is 11.6 Å². The molecule has 4 heterocycles. The van der Waals surface area contributed by atoms with Gasteiger partial charge in [0.1, 0.15) is 24.0 Å². The van der Waals surface area contributed by atoms with E-state index in [1.807, 2.05) is 25.1 Å². The van der Waals surface area contributed by atoms with Gasteiger partial charge in [-0.1, -0.05) is 6.07 Å². The highest BCUT2D eigenvalue weighted by Gasteiger charge is 2.24. The van der Waals surface area contributed by atoms with Crippen LogP contribution in [0.5, 0.6) is 5.75 Å². The Labute approximate surface area is 253 Å². The van der Waals surface area contributed by atoms with Gasteiger partial charge in [-0.2, -0.15) is 0 Å². The molecule has 0 bridgehead atoms. The topological polar surface area (TPSA) is 116 Å². The minimum atomic E-state index is -0.671. The minimum absolute atomic E-state index is 0.177. The summed E-state index contributed by atoms with van der Waals surface area (Å²) in [7, 11) is 0. The second kappa shape index (κ2) is 13.3. The van der Waals surface area contributed by atoms with Gasteiger partial charge in [0.05, 0.1) is 11.8 Å². The smallest absolute Gasteiger partial charge is 0.251 e. The summed E-state index contributed by atoms with van der Waals surface area (Å²) in [5.74, 6) is 3.04. The third-order valence-electron chi connectivity index (χ3n) is 9.10. The van der Waals surface area contributed by atoms with Crippen LogP contribution in [0, 0.1) is 13.8 Å². The van der Waals surface area contributed by atoms with E-state index in [1.54, 1.807) is 0 Å². The van der Waals surface area contributed by atoms with Crippen molar-refractivity contribution in [2.45, 2.75) is 84.1 Å². The zero-order chi connectivity index (χ0) is 29.8. The number of aromatic nitrogens is 2. The number of oxazole rings is 1. The number of pyridine rings is 1. The van der Waals surface area contributed by atoms with E-state index in [4.69, 9.17) is 14.1 Å². The highest BCUT2D eigenvalue weighted by molar-refractivity contribution is 5.95. The lowest BCUT2D eigenvalue weighted by molar-refractivity contribution is 0.0841. The first-order valence-electron chi connectivity index (χ1n) is 15.8. The van der Waals surface area contributed by atoms with Crippen molar-refractivity contribution in [3.05, 3.63) is 64.4 Å². The van der Waals surface area contributed by atoms with E-state index in [2.05, 4.69) is 38.4 Å². The minimum Gasteiger partial charge on any atom is -0.485 e. The highest BCUT2D eigenvalue weighted by atomic mass is 16.5. The lowest BCUT2D eigenvalue weighted by Gasteiger charge is -2.32. The van der Waals surface area contributed by atoms with Gasteiger partial charge >= 0.3 is 0 Å². The lowest BCUT2D eigenvalue weighted by atomic mass is 9.93. The third-order valence-corrected chi connectivity index (χ3v) is 9.10. The predicted octanol–water partition coefficient (Wildman–Crippen LogP) is 4.37. The van der Waals surface area contributed by atoms with Crippen molar-refractivity contribution in [2.24, 2.45) is 0 Å². The number of aliphatic hydroxyl groups excluding tert-OH is 1. The molecule has 10 nitrogen and oxygen atoms in total. The molecule has 10 heteroatoms. The lowest BCUT2D eigenvalue weighted by Crippen LogP contribution is -2.42. The molecule has 2 aromatic heterocycles. The summed E-state index contributed by atoms with van der Waals surface area (Å²) < 4.78 is 11.5. The van der Waals surface area contributed by atoms with Crippen molar-refractivity contribution in [3.63, 3.8) is 0 Å². The molecule has 230 valence electrons. The Morgan fingerprint density at radius 1 is 1.14 bits per heavy atom. The second-order valence-corrected chi connectivity index (χ2v) is 12.2. The monoisotopic (exact) mass is 588 g/mol. The summed E-state index contributed by atoms with van der Waals surface area (Å²) in [5.41, 5.74) is 5.13. The first-order valence-corrected chi connectivity index (χ1v) is 15.8. The number of fused-ring (bicyclic) bond motifs is 1. The van der Waals surface area contributed by atoms with Crippen molar-refractivity contribution >= 4 is 17.5 Å². The fourth-order valence-electron chi connectivity index (χ4n) is 6.24. The van der Waals surface area contributed by atoms with Crippen LogP contribution in [0.3, 0.4) is 0 Å². The molecule has 6 rings (SSSR count). The Kier molecular flexibility index (Phi) is 9.14. The fourth-order valence-corrected chi connectivity index (χ4v) is 6.24. The SMILES string of the molecule is Cc1ncoc1COc1ccc2c(c1C)CCN(C[C@@H](O)CNC(=O)c1cc(NC3CCC3)nc(N3CCCCC3)c1)C2. The van der Waals surface area contributed by atoms with Gasteiger partial charge in [0, 0.05) is 50.9 Å². The van der Waals surface area contributed by atoms with Crippen molar-refractivity contribution in [2.75, 3.05) is 42.9 Å². The zero-order valence-electron chi connectivity index (χ0n) is 25.4. The molecule has 1 aliphatic carbocycles. The molecule has 3 N–H and O–H groups in total. The van der Waals surface area contributed by atoms with Gasteiger partial charge in [-0.25, -0.2) is 9.97 Å². The summed E-state index contributed by atoms with van der Waals surface area (Å²) in [6.07, 6.45) is 8.70. The molecule has 43 heavy (non-hydrogen) atoms. The number of piperidine rings is 1. The molecule has 0 unspecified atom stereocenters. The summed E-state index contributed by atoms with van der Waals surface area (Å²) >= 11 is 0. The number of nitrogens with one attached hydrogen (secondary N) is 2. The van der Waals surface area contributed by atoms with Gasteiger partial charge in [-0.15, -0.1) is 0 Å². The van der Waals surface area contributed by atoms with E-state index in [0.29, 0.717) is 24.8 Å². The number of anilines is 2. The molecule has 0 spiro atoms. The summed E-state index contributed by atoms with van der Waals surface area (Å²) in [6.45, 7) is 8.58. The molecule has 1 aromatic carbocycles. The molecule has 2 aliphatic heterocycles. The largest absolute Gasteiger partial charge is 0.485 e. The average Bonchev–Trinajstić information content (AvgIpc) is 3.42. The van der Waals surface area contributed by atoms with Crippen LogP contribution < -0.4 is 20.3 Å². The number of aryl methyl sites for hydroxylation is 1. The number of carbonyl (C=O) groups excluding carboxylic acids is 1. The Hall–Kier alpha value is -3.63. The summed E-state index contributed by atoms with van der Waals surface area (Å²) in [6, 6.07) is 8.31. The van der Waals surface area contributed by atoms with Crippen LogP contribution in [0.15, 0.2) is 35.1 Å². The van der Waals surface area contributed by atoms with Crippen LogP contribution in [0.2, 0.25) is 0 Å². The van der Waals surface area contributed by atoms with Crippen LogP contribution in [0.25, 0.3) is 0 Å². The maximum Gasteiger partial charge on any atom is 0.251 e. The normalized spacial score (nSPS) is 18.1. The first kappa shape index (κ1) is 29.4. The third kappa shape index (κ3) is 7.13. The molecular weight excluding hydrogens is 544 g/mol. The van der Waals surface area contributed by atoms with E-state index in [1.165, 1.54) is 30.4 Å². The van der Waals surface area contributed by atoms with E-state index < -0.39 is 6.10 Å². The Morgan fingerprint density at radius 3 is 2.72 bits per heavy atom. The van der Waals surface area contributed by atoms with Crippen molar-refractivity contribution in [1.82, 2.24) is 20.2 Å². The molecule has 1 atom stereocenters. The number of hydrogen-bond acceptors (Lipinski definition) is 9. The van der Waals surface area contributed by atoms with Gasteiger partial charge in [0.2, 0.25) is 0 Å². The maximum atomic E-state index is 13.2. The van der Waals surface area contributed by atoms with E-state index in [-0.39, 0.29) is 12.5 Å². The number of hydrogen-bond donors (Lipinski definition) is 3. The molecule has 1 amide bonds. The van der Waals surface area contributed by atoms with Gasteiger partial charge < -0.3 is 29.8 Å². The highest BCUT2D eigenvalue weighted by Crippen LogP contribution is 2.30. The second-order valence-electron chi connectivity index (χ2n) is 12.2. The molecule has 0 radical (unpaired) electrons. The van der Waals surface area contributed by atoms with Gasteiger partial charge in [0.25, 0.3) is 5.91 Å². The van der Waals surface area contributed by atoms with E-state index >= 15 is 0 Å². The molecule has 1 saturated carbocycles. The van der Waals surface area contributed by atoms with Crippen molar-refractivity contribution < 1.29 is 19.1 Å². The van der Waals surface area contributed by atoms with Gasteiger partial charge in [-0.3, -0.25) is 9.69 Å². The molecular formula is C33H44N6O4. The summed E-state index contributed by atoms with van der Waals surface area (Å²) in [4.78, 5) is 26.8. The molecule has 1 saturated heterocycles. The Bertz CT molecular complexity index is 1410. The standard InChI is InChI=1S/C33H44N6O4/c1-22-28-11-14-38(18-24(28)9-10-29(22)42-20-30-23(2)35-21-43-30)19-27(40)17-34-33(41)25-15-31(36-26-7-6-8-26)37-32(16-25)39-12-4-3-5-13-39/h9-10,15-16,21,26-27,40H,3-8,11-14,17-20H2,1-2H3,(H,34,41)(H,36,37)/t27-/m0/s1. The number of aliphatic hydroxyl groups is 1. The fraction of sp³-hybridized carbons (Fsp3) is 0.545. The molecule has 3 aliphatic rings. The van der Waals surface area contributed by atoms with Gasteiger partial charge in [0.15, 0.2) is 12.2 Å². The van der Waals surface area contributed by atoms with E-state index in [0.717, 1.165) is 92.7 Å².